The van der Waals surface area contributed by atoms with E-state index in [4.69, 9.17) is 15.9 Å². The molecule has 6 N–H and O–H groups in total. The molecule has 1 unspecified atom stereocenters. The number of amides is 2. The van der Waals surface area contributed by atoms with Gasteiger partial charge in [-0.2, -0.15) is 13.2 Å². The predicted molar refractivity (Wildman–Crippen MR) is 189 cm³/mol. The molecule has 4 rings (SSSR count). The number of carbonyl (C=O) groups is 2. The Morgan fingerprint density at radius 2 is 1.88 bits per heavy atom. The smallest absolute Gasteiger partial charge is 0.416 e. The van der Waals surface area contributed by atoms with Crippen molar-refractivity contribution in [3.8, 4) is 11.3 Å². The lowest BCUT2D eigenvalue weighted by molar-refractivity contribution is -0.137. The molecule has 3 aromatic rings. The number of ether oxygens (including phenoxy) is 1. The number of fused-ring (bicyclic) bond motifs is 1. The van der Waals surface area contributed by atoms with Crippen molar-refractivity contribution in [1.82, 2.24) is 15.2 Å². The first-order chi connectivity index (χ1) is 23.7. The Labute approximate surface area is 288 Å². The van der Waals surface area contributed by atoms with Crippen molar-refractivity contribution in [3.05, 3.63) is 118 Å². The van der Waals surface area contributed by atoms with E-state index in [-0.39, 0.29) is 47.9 Å². The maximum absolute atomic E-state index is 13.9. The van der Waals surface area contributed by atoms with Crippen LogP contribution < -0.4 is 27.2 Å². The minimum Gasteiger partial charge on any atom is -0.444 e. The van der Waals surface area contributed by atoms with E-state index >= 15 is 0 Å². The van der Waals surface area contributed by atoms with Crippen LogP contribution in [0.25, 0.3) is 11.3 Å². The van der Waals surface area contributed by atoms with Crippen LogP contribution in [0.3, 0.4) is 0 Å². The second-order valence-electron chi connectivity index (χ2n) is 12.3. The standard InChI is InChI=1S/C37H41F3N6O4/c1-5-24(12-11-23(4)34(42)45-36(49)50-21-25-9-7-6-8-10-25)19-43-32(47)20-46-31(27-15-28(37(38,39)40)18-29(41)16-27)17-26-13-14-30(22(2)3)44-33(26)35(46)48/h5-12,15-18,22,30,44H,1,13-14,19-21,41H2,2-4H3,(H,43,47)(H2,42,45,49)/b23-11+,24-12+. The lowest BCUT2D eigenvalue weighted by Crippen LogP contribution is -2.39. The summed E-state index contributed by atoms with van der Waals surface area (Å²) in [4.78, 5) is 39.3. The number of hydrogen-bond acceptors (Lipinski definition) is 7. The van der Waals surface area contributed by atoms with Gasteiger partial charge in [0.15, 0.2) is 0 Å². The summed E-state index contributed by atoms with van der Waals surface area (Å²) in [5, 5.41) is 16.5. The molecule has 2 aromatic carbocycles. The van der Waals surface area contributed by atoms with E-state index in [2.05, 4.69) is 22.5 Å². The first-order valence-electron chi connectivity index (χ1n) is 16.0. The topological polar surface area (TPSA) is 151 Å². The molecule has 0 bridgehead atoms. The number of nitrogens with zero attached hydrogens (tertiary/aromatic N) is 1. The van der Waals surface area contributed by atoms with Crippen LogP contribution in [0.1, 0.15) is 43.9 Å². The molecule has 0 saturated heterocycles. The van der Waals surface area contributed by atoms with E-state index in [9.17, 15) is 27.6 Å². The Bertz CT molecular complexity index is 1880. The Kier molecular flexibility index (Phi) is 12.1. The van der Waals surface area contributed by atoms with Gasteiger partial charge >= 0.3 is 12.3 Å². The number of nitrogens with one attached hydrogen (secondary N) is 4. The van der Waals surface area contributed by atoms with Crippen molar-refractivity contribution in [3.63, 3.8) is 0 Å². The fourth-order valence-electron chi connectivity index (χ4n) is 5.35. The third-order valence-corrected chi connectivity index (χ3v) is 8.25. The first-order valence-corrected chi connectivity index (χ1v) is 16.0. The van der Waals surface area contributed by atoms with Crippen LogP contribution in [0.4, 0.5) is 29.3 Å². The fraction of sp³-hybridized carbons (Fsp3) is 0.297. The number of amidine groups is 1. The molecule has 0 radical (unpaired) electrons. The molecule has 0 spiro atoms. The minimum atomic E-state index is -4.67. The van der Waals surface area contributed by atoms with Gasteiger partial charge in [-0.15, -0.1) is 0 Å². The van der Waals surface area contributed by atoms with E-state index in [1.54, 1.807) is 37.3 Å². The van der Waals surface area contributed by atoms with Gasteiger partial charge in [0.05, 0.1) is 11.3 Å². The summed E-state index contributed by atoms with van der Waals surface area (Å²) in [6.07, 6.45) is 0.469. The van der Waals surface area contributed by atoms with E-state index in [1.165, 1.54) is 12.1 Å². The summed E-state index contributed by atoms with van der Waals surface area (Å²) in [5.74, 6) is -0.542. The third-order valence-electron chi connectivity index (χ3n) is 8.25. The molecule has 2 heterocycles. The quantitative estimate of drug-likeness (QED) is 0.0664. The van der Waals surface area contributed by atoms with Crippen LogP contribution in [0.5, 0.6) is 0 Å². The highest BCUT2D eigenvalue weighted by molar-refractivity contribution is 6.04. The maximum Gasteiger partial charge on any atom is 0.416 e. The molecular weight excluding hydrogens is 649 g/mol. The zero-order valence-corrected chi connectivity index (χ0v) is 28.1. The van der Waals surface area contributed by atoms with Crippen LogP contribution >= 0.6 is 0 Å². The number of allylic oxidation sites excluding steroid dienone is 2. The summed E-state index contributed by atoms with van der Waals surface area (Å²) in [6.45, 7) is 8.98. The molecule has 264 valence electrons. The predicted octanol–water partition coefficient (Wildman–Crippen LogP) is 6.58. The molecule has 10 nitrogen and oxygen atoms in total. The summed E-state index contributed by atoms with van der Waals surface area (Å²) in [6, 6.07) is 13.8. The second kappa shape index (κ2) is 16.2. The number of pyridine rings is 1. The van der Waals surface area contributed by atoms with Gasteiger partial charge in [-0.3, -0.25) is 24.9 Å². The lowest BCUT2D eigenvalue weighted by atomic mass is 9.91. The number of anilines is 2. The van der Waals surface area contributed by atoms with Gasteiger partial charge in [-0.25, -0.2) is 4.79 Å². The summed E-state index contributed by atoms with van der Waals surface area (Å²) < 4.78 is 47.4. The second-order valence-corrected chi connectivity index (χ2v) is 12.3. The minimum absolute atomic E-state index is 0.00873. The van der Waals surface area contributed by atoms with Gasteiger partial charge in [0.1, 0.15) is 24.7 Å². The van der Waals surface area contributed by atoms with Crippen LogP contribution in [0, 0.1) is 11.3 Å². The summed E-state index contributed by atoms with van der Waals surface area (Å²) in [5.41, 5.74) is 7.13. The van der Waals surface area contributed by atoms with Crippen molar-refractivity contribution >= 4 is 29.2 Å². The highest BCUT2D eigenvalue weighted by atomic mass is 19.4. The molecule has 0 aliphatic carbocycles. The maximum atomic E-state index is 13.9. The normalized spacial score (nSPS) is 14.7. The number of aryl methyl sites for hydroxylation is 1. The van der Waals surface area contributed by atoms with Crippen molar-refractivity contribution < 1.29 is 27.5 Å². The molecule has 0 saturated carbocycles. The van der Waals surface area contributed by atoms with Crippen molar-refractivity contribution in [1.29, 1.82) is 5.41 Å². The van der Waals surface area contributed by atoms with Crippen LogP contribution in [0.15, 0.2) is 95.3 Å². The average molecular weight is 691 g/mol. The van der Waals surface area contributed by atoms with Crippen LogP contribution in [0.2, 0.25) is 0 Å². The fourth-order valence-corrected chi connectivity index (χ4v) is 5.35. The lowest BCUT2D eigenvalue weighted by Gasteiger charge is -2.30. The van der Waals surface area contributed by atoms with Gasteiger partial charge in [0, 0.05) is 23.8 Å². The Morgan fingerprint density at radius 3 is 2.54 bits per heavy atom. The number of aromatic nitrogens is 1. The van der Waals surface area contributed by atoms with Gasteiger partial charge < -0.3 is 21.1 Å². The highest BCUT2D eigenvalue weighted by Gasteiger charge is 2.32. The Hall–Kier alpha value is -5.59. The molecule has 13 heteroatoms. The Morgan fingerprint density at radius 1 is 1.16 bits per heavy atom. The molecule has 1 atom stereocenters. The zero-order chi connectivity index (χ0) is 36.6. The van der Waals surface area contributed by atoms with E-state index in [1.807, 2.05) is 32.0 Å². The largest absolute Gasteiger partial charge is 0.444 e. The molecule has 1 aliphatic heterocycles. The number of hydrogen-bond donors (Lipinski definition) is 5. The molecule has 2 amide bonds. The van der Waals surface area contributed by atoms with Crippen LogP contribution in [-0.2, 0) is 35.3 Å². The van der Waals surface area contributed by atoms with Crippen molar-refractivity contribution in [2.75, 3.05) is 17.6 Å². The number of nitrogens with two attached hydrogens (primary N) is 1. The number of carbonyl (C=O) groups excluding carboxylic acids is 2. The number of halogens is 3. The van der Waals surface area contributed by atoms with Gasteiger partial charge in [-0.05, 0) is 72.2 Å². The Balaban J connectivity index is 1.51. The number of rotatable bonds is 11. The van der Waals surface area contributed by atoms with Crippen molar-refractivity contribution in [2.24, 2.45) is 5.92 Å². The zero-order valence-electron chi connectivity index (χ0n) is 28.1. The van der Waals surface area contributed by atoms with E-state index in [0.717, 1.165) is 28.7 Å². The molecule has 1 aromatic heterocycles. The van der Waals surface area contributed by atoms with E-state index in [0.29, 0.717) is 28.8 Å². The number of nitrogen functional groups attached to an aromatic ring is 1. The average Bonchev–Trinajstić information content (AvgIpc) is 3.08. The molecule has 0 fully saturated rings. The molecular formula is C37H41F3N6O4. The molecule has 50 heavy (non-hydrogen) atoms. The monoisotopic (exact) mass is 690 g/mol. The van der Waals surface area contributed by atoms with Crippen LogP contribution in [-0.4, -0.2) is 35.0 Å². The third kappa shape index (κ3) is 9.74. The van der Waals surface area contributed by atoms with Crippen molar-refractivity contribution in [2.45, 2.75) is 59.0 Å². The SMILES string of the molecule is C=C/C(=C\C=C(/C)C(=N)NC(=O)OCc1ccccc1)CNC(=O)Cn1c(-c2cc(N)cc(C(F)(F)F)c2)cc2c(c1=O)NC(C(C)C)CC2. The van der Waals surface area contributed by atoms with Gasteiger partial charge in [-0.1, -0.05) is 69.0 Å². The summed E-state index contributed by atoms with van der Waals surface area (Å²) >= 11 is 0. The highest BCUT2D eigenvalue weighted by Crippen LogP contribution is 2.35. The number of benzene rings is 2. The first kappa shape index (κ1) is 37.2. The van der Waals surface area contributed by atoms with Gasteiger partial charge in [0.25, 0.3) is 5.56 Å². The number of alkyl halides is 3. The van der Waals surface area contributed by atoms with Gasteiger partial charge in [0.2, 0.25) is 5.91 Å². The number of alkyl carbamates (subject to hydrolysis) is 1. The van der Waals surface area contributed by atoms with E-state index < -0.39 is 35.8 Å². The summed E-state index contributed by atoms with van der Waals surface area (Å²) in [7, 11) is 0. The molecule has 1 aliphatic rings.